The van der Waals surface area contributed by atoms with Gasteiger partial charge in [-0.2, -0.15) is 0 Å². The molecule has 1 fully saturated rings. The van der Waals surface area contributed by atoms with Crippen LogP contribution in [0.5, 0.6) is 0 Å². The normalized spacial score (nSPS) is 18.4. The molecule has 18 heavy (non-hydrogen) atoms. The Kier molecular flexibility index (Phi) is 3.74. The van der Waals surface area contributed by atoms with Gasteiger partial charge in [-0.1, -0.05) is 32.9 Å². The van der Waals surface area contributed by atoms with Crippen molar-refractivity contribution < 1.29 is 4.79 Å². The molecule has 1 aromatic carbocycles. The van der Waals surface area contributed by atoms with E-state index in [1.54, 1.807) is 0 Å². The van der Waals surface area contributed by atoms with Crippen molar-refractivity contribution in [1.82, 2.24) is 0 Å². The lowest BCUT2D eigenvalue weighted by Gasteiger charge is -2.25. The summed E-state index contributed by atoms with van der Waals surface area (Å²) in [6.07, 6.45) is 3.94. The Bertz CT molecular complexity index is 417. The number of anilines is 1. The van der Waals surface area contributed by atoms with Crippen molar-refractivity contribution in [2.24, 2.45) is 5.41 Å². The summed E-state index contributed by atoms with van der Waals surface area (Å²) in [4.78, 5) is 14.5. The second kappa shape index (κ2) is 5.13. The number of carbonyl (C=O) groups is 1. The largest absolute Gasteiger partial charge is 0.312 e. The summed E-state index contributed by atoms with van der Waals surface area (Å²) >= 11 is 0. The second-order valence-electron chi connectivity index (χ2n) is 5.21. The van der Waals surface area contributed by atoms with E-state index in [1.165, 1.54) is 5.56 Å². The highest BCUT2D eigenvalue weighted by Crippen LogP contribution is 2.40. The fourth-order valence-corrected chi connectivity index (χ4v) is 2.88. The predicted octanol–water partition coefficient (Wildman–Crippen LogP) is 3.79. The van der Waals surface area contributed by atoms with Gasteiger partial charge in [0, 0.05) is 12.2 Å². The standard InChI is InChI=1S/C16H23NO/c1-4-13-7-9-14(10-8-13)17-12-11-16(5-2,6-3)15(17)18/h7-10H,4-6,11-12H2,1-3H3. The van der Waals surface area contributed by atoms with Gasteiger partial charge >= 0.3 is 0 Å². The second-order valence-corrected chi connectivity index (χ2v) is 5.21. The third-order valence-corrected chi connectivity index (χ3v) is 4.52. The Balaban J connectivity index is 2.22. The molecule has 0 unspecified atom stereocenters. The van der Waals surface area contributed by atoms with Crippen LogP contribution in [-0.2, 0) is 11.2 Å². The van der Waals surface area contributed by atoms with E-state index in [1.807, 2.05) is 4.90 Å². The van der Waals surface area contributed by atoms with Crippen LogP contribution >= 0.6 is 0 Å². The summed E-state index contributed by atoms with van der Waals surface area (Å²) in [5.41, 5.74) is 2.27. The summed E-state index contributed by atoms with van der Waals surface area (Å²) in [7, 11) is 0. The van der Waals surface area contributed by atoms with Crippen LogP contribution in [0.2, 0.25) is 0 Å². The van der Waals surface area contributed by atoms with Crippen LogP contribution in [0.15, 0.2) is 24.3 Å². The summed E-state index contributed by atoms with van der Waals surface area (Å²) in [6.45, 7) is 7.28. The third kappa shape index (κ3) is 2.05. The number of rotatable bonds is 4. The average Bonchev–Trinajstić information content (AvgIpc) is 2.76. The number of benzene rings is 1. The van der Waals surface area contributed by atoms with E-state index in [9.17, 15) is 4.79 Å². The Morgan fingerprint density at radius 1 is 1.11 bits per heavy atom. The van der Waals surface area contributed by atoms with Crippen LogP contribution in [-0.4, -0.2) is 12.5 Å². The van der Waals surface area contributed by atoms with Crippen molar-refractivity contribution >= 4 is 11.6 Å². The molecule has 0 saturated carbocycles. The smallest absolute Gasteiger partial charge is 0.233 e. The van der Waals surface area contributed by atoms with Crippen molar-refractivity contribution in [2.45, 2.75) is 46.5 Å². The molecule has 2 heteroatoms. The maximum absolute atomic E-state index is 12.6. The van der Waals surface area contributed by atoms with Crippen molar-refractivity contribution in [1.29, 1.82) is 0 Å². The molecule has 0 N–H and O–H groups in total. The van der Waals surface area contributed by atoms with Crippen LogP contribution in [0.25, 0.3) is 0 Å². The molecule has 0 radical (unpaired) electrons. The lowest BCUT2D eigenvalue weighted by atomic mass is 9.81. The van der Waals surface area contributed by atoms with Crippen molar-refractivity contribution in [3.8, 4) is 0 Å². The maximum atomic E-state index is 12.6. The van der Waals surface area contributed by atoms with E-state index >= 15 is 0 Å². The van der Waals surface area contributed by atoms with Gasteiger partial charge < -0.3 is 4.90 Å². The molecule has 2 nitrogen and oxygen atoms in total. The van der Waals surface area contributed by atoms with Gasteiger partial charge in [-0.15, -0.1) is 0 Å². The SMILES string of the molecule is CCc1ccc(N2CCC(CC)(CC)C2=O)cc1. The fourth-order valence-electron chi connectivity index (χ4n) is 2.88. The first-order chi connectivity index (χ1) is 8.66. The average molecular weight is 245 g/mol. The van der Waals surface area contributed by atoms with Crippen molar-refractivity contribution in [2.75, 3.05) is 11.4 Å². The number of nitrogens with zero attached hydrogens (tertiary/aromatic N) is 1. The van der Waals surface area contributed by atoms with Gasteiger partial charge in [-0.05, 0) is 43.4 Å². The number of amides is 1. The van der Waals surface area contributed by atoms with E-state index in [0.29, 0.717) is 5.91 Å². The first-order valence-electron chi connectivity index (χ1n) is 7.07. The molecular weight excluding hydrogens is 222 g/mol. The molecule has 98 valence electrons. The summed E-state index contributed by atoms with van der Waals surface area (Å²) in [6, 6.07) is 8.41. The van der Waals surface area contributed by atoms with Gasteiger partial charge in [-0.3, -0.25) is 4.79 Å². The third-order valence-electron chi connectivity index (χ3n) is 4.52. The molecule has 2 rings (SSSR count). The predicted molar refractivity (Wildman–Crippen MR) is 75.8 cm³/mol. The van der Waals surface area contributed by atoms with Crippen molar-refractivity contribution in [3.05, 3.63) is 29.8 Å². The molecule has 1 amide bonds. The van der Waals surface area contributed by atoms with E-state index in [4.69, 9.17) is 0 Å². The van der Waals surface area contributed by atoms with Gasteiger partial charge in [0.1, 0.15) is 0 Å². The molecule has 0 bridgehead atoms. The zero-order valence-corrected chi connectivity index (χ0v) is 11.7. The Morgan fingerprint density at radius 3 is 2.17 bits per heavy atom. The van der Waals surface area contributed by atoms with E-state index in [0.717, 1.165) is 37.9 Å². The van der Waals surface area contributed by atoms with Gasteiger partial charge in [0.05, 0.1) is 5.41 Å². The molecule has 0 atom stereocenters. The molecule has 0 spiro atoms. The minimum atomic E-state index is -0.108. The topological polar surface area (TPSA) is 20.3 Å². The number of aryl methyl sites for hydroxylation is 1. The Labute approximate surface area is 110 Å². The highest BCUT2D eigenvalue weighted by Gasteiger charge is 2.44. The van der Waals surface area contributed by atoms with Gasteiger partial charge in [0.25, 0.3) is 0 Å². The molecule has 1 saturated heterocycles. The number of carbonyl (C=O) groups excluding carboxylic acids is 1. The summed E-state index contributed by atoms with van der Waals surface area (Å²) in [5.74, 6) is 0.316. The zero-order valence-electron chi connectivity index (χ0n) is 11.7. The molecule has 1 aromatic rings. The van der Waals surface area contributed by atoms with Gasteiger partial charge in [0.15, 0.2) is 0 Å². The number of hydrogen-bond donors (Lipinski definition) is 0. The van der Waals surface area contributed by atoms with E-state index in [2.05, 4.69) is 45.0 Å². The lowest BCUT2D eigenvalue weighted by Crippen LogP contribution is -2.33. The highest BCUT2D eigenvalue weighted by molar-refractivity contribution is 5.99. The van der Waals surface area contributed by atoms with Crippen LogP contribution < -0.4 is 4.90 Å². The fraction of sp³-hybridized carbons (Fsp3) is 0.562. The lowest BCUT2D eigenvalue weighted by molar-refractivity contribution is -0.125. The van der Waals surface area contributed by atoms with Crippen LogP contribution in [0.1, 0.15) is 45.6 Å². The summed E-state index contributed by atoms with van der Waals surface area (Å²) in [5, 5.41) is 0. The minimum absolute atomic E-state index is 0.108. The molecular formula is C16H23NO. The number of hydrogen-bond acceptors (Lipinski definition) is 1. The van der Waals surface area contributed by atoms with E-state index < -0.39 is 0 Å². The maximum Gasteiger partial charge on any atom is 0.233 e. The molecule has 1 aliphatic heterocycles. The Morgan fingerprint density at radius 2 is 1.72 bits per heavy atom. The molecule has 1 heterocycles. The van der Waals surface area contributed by atoms with Gasteiger partial charge in [0.2, 0.25) is 5.91 Å². The zero-order chi connectivity index (χ0) is 13.2. The monoisotopic (exact) mass is 245 g/mol. The summed E-state index contributed by atoms with van der Waals surface area (Å²) < 4.78 is 0. The van der Waals surface area contributed by atoms with Crippen LogP contribution in [0.3, 0.4) is 0 Å². The quantitative estimate of drug-likeness (QED) is 0.790. The molecule has 0 aliphatic carbocycles. The highest BCUT2D eigenvalue weighted by atomic mass is 16.2. The Hall–Kier alpha value is -1.31. The minimum Gasteiger partial charge on any atom is -0.312 e. The molecule has 0 aromatic heterocycles. The first kappa shape index (κ1) is 13.1. The van der Waals surface area contributed by atoms with Crippen LogP contribution in [0, 0.1) is 5.41 Å². The van der Waals surface area contributed by atoms with E-state index in [-0.39, 0.29) is 5.41 Å². The van der Waals surface area contributed by atoms with Crippen LogP contribution in [0.4, 0.5) is 5.69 Å². The van der Waals surface area contributed by atoms with Crippen molar-refractivity contribution in [3.63, 3.8) is 0 Å². The first-order valence-corrected chi connectivity index (χ1v) is 7.07. The van der Waals surface area contributed by atoms with Gasteiger partial charge in [-0.25, -0.2) is 0 Å². The molecule has 1 aliphatic rings.